The topological polar surface area (TPSA) is 81.7 Å². The molecule has 0 saturated carbocycles. The second-order valence-electron chi connectivity index (χ2n) is 6.82. The SMILES string of the molecule is Cc1ccc(S(=O)(=O)Nc2ccc(F)cc2)cc1C(=O)NN1CCN(C)CC1. The fourth-order valence-corrected chi connectivity index (χ4v) is 3.95. The van der Waals surface area contributed by atoms with Crippen LogP contribution in [0.2, 0.25) is 0 Å². The summed E-state index contributed by atoms with van der Waals surface area (Å²) in [5, 5.41) is 1.83. The summed E-state index contributed by atoms with van der Waals surface area (Å²) in [6.07, 6.45) is 0. The summed E-state index contributed by atoms with van der Waals surface area (Å²) in [6.45, 7) is 4.84. The van der Waals surface area contributed by atoms with Crippen LogP contribution in [0.1, 0.15) is 15.9 Å². The molecule has 2 aromatic rings. The van der Waals surface area contributed by atoms with Crippen LogP contribution in [0.4, 0.5) is 10.1 Å². The standard InChI is InChI=1S/C19H23FN4O3S/c1-14-3-8-17(28(26,27)22-16-6-4-15(20)5-7-16)13-18(14)19(25)21-24-11-9-23(2)10-12-24/h3-8,13,22H,9-12H2,1-2H3,(H,21,25). The number of aryl methyl sites for hydroxylation is 1. The van der Waals surface area contributed by atoms with Crippen molar-refractivity contribution >= 4 is 21.6 Å². The Morgan fingerprint density at radius 2 is 1.68 bits per heavy atom. The monoisotopic (exact) mass is 406 g/mol. The van der Waals surface area contributed by atoms with Gasteiger partial charge in [0, 0.05) is 37.4 Å². The van der Waals surface area contributed by atoms with Crippen LogP contribution < -0.4 is 10.1 Å². The Morgan fingerprint density at radius 1 is 1.04 bits per heavy atom. The maximum Gasteiger partial charge on any atom is 0.265 e. The zero-order valence-corrected chi connectivity index (χ0v) is 16.6. The van der Waals surface area contributed by atoms with Crippen molar-refractivity contribution in [3.05, 3.63) is 59.4 Å². The number of sulfonamides is 1. The summed E-state index contributed by atoms with van der Waals surface area (Å²) in [5.74, 6) is -0.804. The lowest BCUT2D eigenvalue weighted by molar-refractivity contribution is 0.0661. The Kier molecular flexibility index (Phi) is 5.97. The van der Waals surface area contributed by atoms with Crippen LogP contribution in [0, 0.1) is 12.7 Å². The summed E-state index contributed by atoms with van der Waals surface area (Å²) in [4.78, 5) is 14.8. The number of hydrogen-bond donors (Lipinski definition) is 2. The Bertz CT molecular complexity index is 956. The number of carbonyl (C=O) groups is 1. The molecular weight excluding hydrogens is 383 g/mol. The molecule has 0 radical (unpaired) electrons. The molecule has 0 aromatic heterocycles. The highest BCUT2D eigenvalue weighted by atomic mass is 32.2. The van der Waals surface area contributed by atoms with Gasteiger partial charge in [0.15, 0.2) is 0 Å². The molecule has 0 atom stereocenters. The largest absolute Gasteiger partial charge is 0.304 e. The summed E-state index contributed by atoms with van der Waals surface area (Å²) < 4.78 is 40.7. The number of benzene rings is 2. The molecule has 0 spiro atoms. The normalized spacial score (nSPS) is 16.0. The third-order valence-corrected chi connectivity index (χ3v) is 6.00. The number of carbonyl (C=O) groups excluding carboxylic acids is 1. The van der Waals surface area contributed by atoms with Gasteiger partial charge in [-0.25, -0.2) is 17.8 Å². The van der Waals surface area contributed by atoms with Gasteiger partial charge in [0.25, 0.3) is 15.9 Å². The van der Waals surface area contributed by atoms with Crippen molar-refractivity contribution in [2.24, 2.45) is 0 Å². The zero-order chi connectivity index (χ0) is 20.3. The fraction of sp³-hybridized carbons (Fsp3) is 0.316. The second-order valence-corrected chi connectivity index (χ2v) is 8.50. The van der Waals surface area contributed by atoms with Crippen LogP contribution in [0.15, 0.2) is 47.4 Å². The third-order valence-electron chi connectivity index (χ3n) is 4.62. The molecule has 7 nitrogen and oxygen atoms in total. The molecule has 1 heterocycles. The Labute approximate surface area is 164 Å². The first-order chi connectivity index (χ1) is 13.2. The molecule has 2 aromatic carbocycles. The molecule has 0 aliphatic carbocycles. The number of hydrogen-bond acceptors (Lipinski definition) is 5. The number of likely N-dealkylation sites (N-methyl/N-ethyl adjacent to an activating group) is 1. The van der Waals surface area contributed by atoms with Crippen LogP contribution >= 0.6 is 0 Å². The molecule has 0 bridgehead atoms. The molecule has 28 heavy (non-hydrogen) atoms. The molecule has 1 saturated heterocycles. The highest BCUT2D eigenvalue weighted by Crippen LogP contribution is 2.20. The van der Waals surface area contributed by atoms with Gasteiger partial charge in [-0.15, -0.1) is 0 Å². The highest BCUT2D eigenvalue weighted by molar-refractivity contribution is 7.92. The molecule has 1 fully saturated rings. The lowest BCUT2D eigenvalue weighted by Gasteiger charge is -2.32. The quantitative estimate of drug-likeness (QED) is 0.792. The first-order valence-corrected chi connectivity index (χ1v) is 10.4. The van der Waals surface area contributed by atoms with Gasteiger partial charge < -0.3 is 4.90 Å². The van der Waals surface area contributed by atoms with E-state index in [1.807, 2.05) is 12.1 Å². The van der Waals surface area contributed by atoms with E-state index < -0.39 is 15.8 Å². The molecule has 1 amide bonds. The van der Waals surface area contributed by atoms with Crippen LogP contribution in [0.5, 0.6) is 0 Å². The van der Waals surface area contributed by atoms with E-state index in [2.05, 4.69) is 15.0 Å². The van der Waals surface area contributed by atoms with Crippen molar-refractivity contribution in [2.45, 2.75) is 11.8 Å². The van der Waals surface area contributed by atoms with E-state index in [4.69, 9.17) is 0 Å². The van der Waals surface area contributed by atoms with Gasteiger partial charge in [0.1, 0.15) is 5.82 Å². The smallest absolute Gasteiger partial charge is 0.265 e. The van der Waals surface area contributed by atoms with Crippen LogP contribution in [0.25, 0.3) is 0 Å². The molecule has 3 rings (SSSR count). The lowest BCUT2D eigenvalue weighted by atomic mass is 10.1. The molecule has 9 heteroatoms. The summed E-state index contributed by atoms with van der Waals surface area (Å²) in [5.41, 5.74) is 4.05. The number of hydrazine groups is 1. The molecule has 1 aliphatic rings. The predicted octanol–water partition coefficient (Wildman–Crippen LogP) is 1.83. The predicted molar refractivity (Wildman–Crippen MR) is 105 cm³/mol. The summed E-state index contributed by atoms with van der Waals surface area (Å²) in [7, 11) is -1.89. The average Bonchev–Trinajstić information content (AvgIpc) is 2.65. The molecule has 150 valence electrons. The van der Waals surface area contributed by atoms with Crippen LogP contribution in [-0.4, -0.2) is 57.5 Å². The number of amides is 1. The first kappa shape index (κ1) is 20.2. The van der Waals surface area contributed by atoms with E-state index >= 15 is 0 Å². The van der Waals surface area contributed by atoms with Gasteiger partial charge in [-0.2, -0.15) is 0 Å². The van der Waals surface area contributed by atoms with Crippen molar-refractivity contribution in [3.8, 4) is 0 Å². The van der Waals surface area contributed by atoms with Gasteiger partial charge in [-0.1, -0.05) is 6.07 Å². The van der Waals surface area contributed by atoms with Gasteiger partial charge in [-0.05, 0) is 55.9 Å². The van der Waals surface area contributed by atoms with Crippen molar-refractivity contribution in [1.82, 2.24) is 15.3 Å². The van der Waals surface area contributed by atoms with Crippen LogP contribution in [-0.2, 0) is 10.0 Å². The summed E-state index contributed by atoms with van der Waals surface area (Å²) >= 11 is 0. The first-order valence-electron chi connectivity index (χ1n) is 8.88. The average molecular weight is 406 g/mol. The number of rotatable bonds is 5. The van der Waals surface area contributed by atoms with Crippen molar-refractivity contribution in [2.75, 3.05) is 37.9 Å². The number of anilines is 1. The Balaban J connectivity index is 1.78. The van der Waals surface area contributed by atoms with Crippen molar-refractivity contribution < 1.29 is 17.6 Å². The van der Waals surface area contributed by atoms with Crippen molar-refractivity contribution in [3.63, 3.8) is 0 Å². The highest BCUT2D eigenvalue weighted by Gasteiger charge is 2.21. The minimum absolute atomic E-state index is 0.0362. The Morgan fingerprint density at radius 3 is 2.32 bits per heavy atom. The van der Waals surface area contributed by atoms with E-state index in [0.29, 0.717) is 24.2 Å². The Hall–Kier alpha value is -2.49. The van der Waals surface area contributed by atoms with Gasteiger partial charge in [-0.3, -0.25) is 14.9 Å². The molecular formula is C19H23FN4O3S. The molecule has 0 unspecified atom stereocenters. The van der Waals surface area contributed by atoms with Gasteiger partial charge in [0.05, 0.1) is 4.90 Å². The zero-order valence-electron chi connectivity index (χ0n) is 15.8. The number of nitrogens with one attached hydrogen (secondary N) is 2. The van der Waals surface area contributed by atoms with Gasteiger partial charge >= 0.3 is 0 Å². The maximum atomic E-state index is 13.0. The lowest BCUT2D eigenvalue weighted by Crippen LogP contribution is -2.52. The number of piperazine rings is 1. The van der Waals surface area contributed by atoms with Gasteiger partial charge in [0.2, 0.25) is 0 Å². The number of nitrogens with zero attached hydrogens (tertiary/aromatic N) is 2. The number of halogens is 1. The third kappa shape index (κ3) is 4.86. The minimum Gasteiger partial charge on any atom is -0.304 e. The van der Waals surface area contributed by atoms with E-state index in [-0.39, 0.29) is 16.5 Å². The fourth-order valence-electron chi connectivity index (χ4n) is 2.87. The summed E-state index contributed by atoms with van der Waals surface area (Å²) in [6, 6.07) is 9.40. The van der Waals surface area contributed by atoms with E-state index in [1.54, 1.807) is 13.0 Å². The molecule has 1 aliphatic heterocycles. The molecule has 2 N–H and O–H groups in total. The second kappa shape index (κ2) is 8.26. The minimum atomic E-state index is -3.91. The van der Waals surface area contributed by atoms with E-state index in [0.717, 1.165) is 13.1 Å². The van der Waals surface area contributed by atoms with Crippen LogP contribution in [0.3, 0.4) is 0 Å². The maximum absolute atomic E-state index is 13.0. The van der Waals surface area contributed by atoms with E-state index in [9.17, 15) is 17.6 Å². The van der Waals surface area contributed by atoms with E-state index in [1.165, 1.54) is 36.4 Å². The van der Waals surface area contributed by atoms with Crippen molar-refractivity contribution in [1.29, 1.82) is 0 Å².